The summed E-state index contributed by atoms with van der Waals surface area (Å²) in [6, 6.07) is 9.83. The Morgan fingerprint density at radius 2 is 1.88 bits per heavy atom. The first-order chi connectivity index (χ1) is 11.9. The Morgan fingerprint density at radius 3 is 2.44 bits per heavy atom. The number of phenols is 1. The number of nitro benzene ring substituents is 1. The molecule has 2 aromatic carbocycles. The van der Waals surface area contributed by atoms with Crippen molar-refractivity contribution in [2.45, 2.75) is 5.75 Å². The zero-order chi connectivity index (χ0) is 18.4. The van der Waals surface area contributed by atoms with Crippen molar-refractivity contribution in [3.8, 4) is 17.2 Å². The summed E-state index contributed by atoms with van der Waals surface area (Å²) in [5.41, 5.74) is 0.808. The van der Waals surface area contributed by atoms with Gasteiger partial charge in [-0.1, -0.05) is 12.1 Å². The Kier molecular flexibility index (Phi) is 6.13. The first-order valence-corrected chi connectivity index (χ1v) is 8.56. The smallest absolute Gasteiger partial charge is 0.315 e. The first kappa shape index (κ1) is 18.5. The molecular weight excluding hydrogens is 346 g/mol. The molecule has 2 aromatic rings. The third-order valence-corrected chi connectivity index (χ3v) is 4.43. The van der Waals surface area contributed by atoms with Gasteiger partial charge in [0.2, 0.25) is 5.75 Å². The SMILES string of the molecule is COc1ccc(CS(=O)/C=C/c2cc(OC)c(O)c([N+](=O)[O-])c2)cc1. The molecule has 0 fully saturated rings. The van der Waals surface area contributed by atoms with Crippen LogP contribution < -0.4 is 9.47 Å². The maximum absolute atomic E-state index is 12.2. The van der Waals surface area contributed by atoms with Crippen molar-refractivity contribution in [1.82, 2.24) is 0 Å². The summed E-state index contributed by atoms with van der Waals surface area (Å²) in [6.45, 7) is 0. The molecule has 7 nitrogen and oxygen atoms in total. The quantitative estimate of drug-likeness (QED) is 0.599. The predicted octanol–water partition coefficient (Wildman–Crippen LogP) is 3.24. The number of phenolic OH excluding ortho intramolecular Hbond substituents is 1. The molecular formula is C17H17NO6S. The Bertz CT molecular complexity index is 817. The van der Waals surface area contributed by atoms with Crippen LogP contribution in [0.4, 0.5) is 5.69 Å². The van der Waals surface area contributed by atoms with E-state index in [1.54, 1.807) is 19.2 Å². The molecule has 0 heterocycles. The van der Waals surface area contributed by atoms with Crippen LogP contribution >= 0.6 is 0 Å². The lowest BCUT2D eigenvalue weighted by atomic mass is 10.1. The zero-order valence-corrected chi connectivity index (χ0v) is 14.5. The molecule has 2 rings (SSSR count). The van der Waals surface area contributed by atoms with E-state index < -0.39 is 27.2 Å². The molecule has 0 amide bonds. The van der Waals surface area contributed by atoms with E-state index in [-0.39, 0.29) is 5.75 Å². The van der Waals surface area contributed by atoms with Gasteiger partial charge in [0.15, 0.2) is 5.75 Å². The molecule has 0 saturated carbocycles. The van der Waals surface area contributed by atoms with Crippen molar-refractivity contribution >= 4 is 22.6 Å². The molecule has 0 aliphatic heterocycles. The maximum atomic E-state index is 12.2. The number of ether oxygens (including phenoxy) is 2. The number of methoxy groups -OCH3 is 2. The molecule has 0 spiro atoms. The average Bonchev–Trinajstić information content (AvgIpc) is 2.61. The van der Waals surface area contributed by atoms with Crippen molar-refractivity contribution in [3.63, 3.8) is 0 Å². The van der Waals surface area contributed by atoms with Crippen LogP contribution in [-0.4, -0.2) is 28.5 Å². The van der Waals surface area contributed by atoms with E-state index in [1.807, 2.05) is 12.1 Å². The lowest BCUT2D eigenvalue weighted by molar-refractivity contribution is -0.386. The maximum Gasteiger partial charge on any atom is 0.315 e. The van der Waals surface area contributed by atoms with Gasteiger partial charge >= 0.3 is 5.69 Å². The highest BCUT2D eigenvalue weighted by molar-refractivity contribution is 7.87. The van der Waals surface area contributed by atoms with E-state index in [2.05, 4.69) is 0 Å². The second-order valence-corrected chi connectivity index (χ2v) is 6.35. The lowest BCUT2D eigenvalue weighted by Crippen LogP contribution is -1.94. The van der Waals surface area contributed by atoms with Gasteiger partial charge in [-0.25, -0.2) is 0 Å². The Balaban J connectivity index is 2.15. The van der Waals surface area contributed by atoms with E-state index in [9.17, 15) is 19.4 Å². The summed E-state index contributed by atoms with van der Waals surface area (Å²) in [5.74, 6) is 0.463. The fourth-order valence-corrected chi connectivity index (χ4v) is 3.02. The van der Waals surface area contributed by atoms with Crippen molar-refractivity contribution in [1.29, 1.82) is 0 Å². The van der Waals surface area contributed by atoms with Crippen molar-refractivity contribution in [2.75, 3.05) is 14.2 Å². The van der Waals surface area contributed by atoms with E-state index in [1.165, 1.54) is 30.7 Å². The molecule has 1 N–H and O–H groups in total. The van der Waals surface area contributed by atoms with Gasteiger partial charge in [0.25, 0.3) is 0 Å². The first-order valence-electron chi connectivity index (χ1n) is 7.18. The second-order valence-electron chi connectivity index (χ2n) is 5.02. The highest BCUT2D eigenvalue weighted by Crippen LogP contribution is 2.37. The summed E-state index contributed by atoms with van der Waals surface area (Å²) in [7, 11) is 1.56. The monoisotopic (exact) mass is 363 g/mol. The minimum Gasteiger partial charge on any atom is -0.500 e. The number of hydrogen-bond acceptors (Lipinski definition) is 6. The van der Waals surface area contributed by atoms with Gasteiger partial charge in [-0.3, -0.25) is 14.3 Å². The fraction of sp³-hybridized carbons (Fsp3) is 0.176. The van der Waals surface area contributed by atoms with Crippen LogP contribution in [0, 0.1) is 10.1 Å². The van der Waals surface area contributed by atoms with Crippen LogP contribution in [0.5, 0.6) is 17.2 Å². The minimum atomic E-state index is -1.31. The van der Waals surface area contributed by atoms with Gasteiger partial charge in [0, 0.05) is 11.5 Å². The third-order valence-electron chi connectivity index (χ3n) is 3.37. The average molecular weight is 363 g/mol. The molecule has 0 aliphatic rings. The summed E-state index contributed by atoms with van der Waals surface area (Å²) < 4.78 is 22.1. The number of aromatic hydroxyl groups is 1. The molecule has 1 atom stereocenters. The van der Waals surface area contributed by atoms with Crippen molar-refractivity contribution < 1.29 is 23.7 Å². The number of rotatable bonds is 7. The number of benzene rings is 2. The summed E-state index contributed by atoms with van der Waals surface area (Å²) >= 11 is 0. The lowest BCUT2D eigenvalue weighted by Gasteiger charge is -2.05. The predicted molar refractivity (Wildman–Crippen MR) is 95.2 cm³/mol. The molecule has 0 bridgehead atoms. The Morgan fingerprint density at radius 1 is 1.20 bits per heavy atom. The van der Waals surface area contributed by atoms with Crippen molar-refractivity contribution in [3.05, 3.63) is 63.0 Å². The van der Waals surface area contributed by atoms with Crippen molar-refractivity contribution in [2.24, 2.45) is 0 Å². The number of nitrogens with zero attached hydrogens (tertiary/aromatic N) is 1. The Hall–Kier alpha value is -2.87. The van der Waals surface area contributed by atoms with Crippen LogP contribution in [-0.2, 0) is 16.6 Å². The minimum absolute atomic E-state index is 0.0187. The van der Waals surface area contributed by atoms with Crippen LogP contribution in [0.15, 0.2) is 41.8 Å². The van der Waals surface area contributed by atoms with Crippen LogP contribution in [0.2, 0.25) is 0 Å². The van der Waals surface area contributed by atoms with Gasteiger partial charge < -0.3 is 14.6 Å². The summed E-state index contributed by atoms with van der Waals surface area (Å²) in [6.07, 6.45) is 1.49. The molecule has 0 saturated heterocycles. The van der Waals surface area contributed by atoms with Crippen LogP contribution in [0.25, 0.3) is 6.08 Å². The van der Waals surface area contributed by atoms with E-state index in [0.29, 0.717) is 17.1 Å². The zero-order valence-electron chi connectivity index (χ0n) is 13.7. The van der Waals surface area contributed by atoms with E-state index in [4.69, 9.17) is 9.47 Å². The molecule has 8 heteroatoms. The summed E-state index contributed by atoms with van der Waals surface area (Å²) in [4.78, 5) is 10.3. The van der Waals surface area contributed by atoms with Crippen LogP contribution in [0.3, 0.4) is 0 Å². The highest BCUT2D eigenvalue weighted by atomic mass is 32.2. The Labute approximate surface area is 147 Å². The highest BCUT2D eigenvalue weighted by Gasteiger charge is 2.19. The molecule has 25 heavy (non-hydrogen) atoms. The number of hydrogen-bond donors (Lipinski definition) is 1. The number of nitro groups is 1. The molecule has 132 valence electrons. The van der Waals surface area contributed by atoms with Gasteiger partial charge in [-0.15, -0.1) is 0 Å². The van der Waals surface area contributed by atoms with E-state index >= 15 is 0 Å². The third kappa shape index (κ3) is 4.80. The molecule has 0 aliphatic carbocycles. The molecule has 0 radical (unpaired) electrons. The van der Waals surface area contributed by atoms with Gasteiger partial charge in [0.05, 0.1) is 35.7 Å². The molecule has 0 aromatic heterocycles. The van der Waals surface area contributed by atoms with Gasteiger partial charge in [0.1, 0.15) is 5.75 Å². The topological polar surface area (TPSA) is 98.9 Å². The normalized spacial score (nSPS) is 12.1. The fourth-order valence-electron chi connectivity index (χ4n) is 2.09. The van der Waals surface area contributed by atoms with E-state index in [0.717, 1.165) is 5.56 Å². The van der Waals surface area contributed by atoms with Gasteiger partial charge in [-0.2, -0.15) is 0 Å². The summed E-state index contributed by atoms with van der Waals surface area (Å²) in [5, 5.41) is 22.2. The largest absolute Gasteiger partial charge is 0.500 e. The second kappa shape index (κ2) is 8.29. The standard InChI is InChI=1S/C17H17NO6S/c1-23-14-5-3-12(4-6-14)11-25(22)8-7-13-9-15(18(20)21)17(19)16(10-13)24-2/h3-10,19H,11H2,1-2H3/b8-7+. The van der Waals surface area contributed by atoms with Gasteiger partial charge in [-0.05, 0) is 35.4 Å². The molecule has 1 unspecified atom stereocenters. The van der Waals surface area contributed by atoms with Crippen LogP contribution in [0.1, 0.15) is 11.1 Å².